The number of hydrogen-bond donors (Lipinski definition) is 0. The standard InChI is InChI=1S/C28H21BrN2OS/c1-17-5-4-6-18(15-17)16-24-27(32)31-26(20-9-12-21(29)13-10-20)23-14-11-19-7-2-3-8-22(19)25(23)30-28(31)33-24/h2-10,12-13,15-16,26H,11,14H2,1H3/b24-16-/t26-/m0/s1. The Balaban J connectivity index is 1.63. The van der Waals surface area contributed by atoms with Gasteiger partial charge in [-0.3, -0.25) is 9.36 Å². The molecule has 2 aliphatic rings. The van der Waals surface area contributed by atoms with Crippen LogP contribution in [0.5, 0.6) is 0 Å². The molecule has 1 aliphatic carbocycles. The number of thiazole rings is 1. The zero-order valence-corrected chi connectivity index (χ0v) is 20.5. The fraction of sp³-hybridized carbons (Fsp3) is 0.143. The van der Waals surface area contributed by atoms with Crippen LogP contribution in [0.3, 0.4) is 0 Å². The van der Waals surface area contributed by atoms with Crippen LogP contribution in [0.25, 0.3) is 11.8 Å². The minimum Gasteiger partial charge on any atom is -0.272 e. The molecule has 5 heteroatoms. The van der Waals surface area contributed by atoms with Crippen molar-refractivity contribution < 1.29 is 0 Å². The van der Waals surface area contributed by atoms with Crippen molar-refractivity contribution in [2.45, 2.75) is 25.8 Å². The summed E-state index contributed by atoms with van der Waals surface area (Å²) in [6, 6.07) is 24.9. The lowest BCUT2D eigenvalue weighted by atomic mass is 9.83. The minimum absolute atomic E-state index is 0.0265. The molecule has 0 radical (unpaired) electrons. The summed E-state index contributed by atoms with van der Waals surface area (Å²) >= 11 is 5.03. The molecule has 1 aromatic heterocycles. The molecule has 3 aromatic carbocycles. The van der Waals surface area contributed by atoms with Gasteiger partial charge in [-0.1, -0.05) is 93.5 Å². The highest BCUT2D eigenvalue weighted by Gasteiger charge is 2.32. The molecule has 2 heterocycles. The Morgan fingerprint density at radius 3 is 2.67 bits per heavy atom. The average Bonchev–Trinajstić information content (AvgIpc) is 3.13. The molecule has 0 saturated heterocycles. The monoisotopic (exact) mass is 512 g/mol. The molecule has 0 N–H and O–H groups in total. The Labute approximate surface area is 204 Å². The third kappa shape index (κ3) is 3.56. The molecule has 33 heavy (non-hydrogen) atoms. The molecule has 0 bridgehead atoms. The summed E-state index contributed by atoms with van der Waals surface area (Å²) in [5.74, 6) is 0. The minimum atomic E-state index is -0.141. The molecule has 6 rings (SSSR count). The van der Waals surface area contributed by atoms with Crippen LogP contribution in [0.15, 0.2) is 92.6 Å². The molecule has 3 nitrogen and oxygen atoms in total. The highest BCUT2D eigenvalue weighted by molar-refractivity contribution is 9.10. The molecular weight excluding hydrogens is 492 g/mol. The molecule has 1 atom stereocenters. The van der Waals surface area contributed by atoms with Gasteiger partial charge < -0.3 is 0 Å². The SMILES string of the molecule is Cc1cccc(/C=c2\sc3n(c2=O)[C@@H](c2ccc(Br)cc2)C2=C(N=3)c3ccccc3CC2)c1. The van der Waals surface area contributed by atoms with Crippen molar-refractivity contribution in [2.75, 3.05) is 0 Å². The Kier molecular flexibility index (Phi) is 5.04. The maximum absolute atomic E-state index is 13.7. The maximum atomic E-state index is 13.7. The molecule has 0 fully saturated rings. The van der Waals surface area contributed by atoms with Crippen LogP contribution < -0.4 is 14.9 Å². The fourth-order valence-electron chi connectivity index (χ4n) is 4.88. The van der Waals surface area contributed by atoms with Gasteiger partial charge in [0.15, 0.2) is 4.80 Å². The maximum Gasteiger partial charge on any atom is 0.271 e. The van der Waals surface area contributed by atoms with E-state index in [1.807, 2.05) is 22.8 Å². The summed E-state index contributed by atoms with van der Waals surface area (Å²) < 4.78 is 3.65. The van der Waals surface area contributed by atoms with Gasteiger partial charge in [0.1, 0.15) is 0 Å². The summed E-state index contributed by atoms with van der Waals surface area (Å²) in [6.45, 7) is 2.07. The van der Waals surface area contributed by atoms with Crippen LogP contribution in [0, 0.1) is 6.92 Å². The van der Waals surface area contributed by atoms with E-state index in [1.54, 1.807) is 0 Å². The van der Waals surface area contributed by atoms with Crippen LogP contribution in [0.4, 0.5) is 0 Å². The first kappa shape index (κ1) is 20.6. The van der Waals surface area contributed by atoms with E-state index >= 15 is 0 Å². The predicted octanol–water partition coefficient (Wildman–Crippen LogP) is 5.39. The van der Waals surface area contributed by atoms with E-state index < -0.39 is 0 Å². The van der Waals surface area contributed by atoms with Crippen molar-refractivity contribution in [3.8, 4) is 0 Å². The van der Waals surface area contributed by atoms with E-state index in [1.165, 1.54) is 33.6 Å². The van der Waals surface area contributed by atoms with E-state index in [9.17, 15) is 4.79 Å². The second-order valence-electron chi connectivity index (χ2n) is 8.58. The first-order valence-corrected chi connectivity index (χ1v) is 12.6. The molecule has 4 aromatic rings. The summed E-state index contributed by atoms with van der Waals surface area (Å²) in [7, 11) is 0. The number of fused-ring (bicyclic) bond motifs is 3. The third-order valence-corrected chi connectivity index (χ3v) is 7.91. The molecule has 0 unspecified atom stereocenters. The lowest BCUT2D eigenvalue weighted by Gasteiger charge is -2.30. The number of hydrogen-bond acceptors (Lipinski definition) is 3. The van der Waals surface area contributed by atoms with Crippen molar-refractivity contribution in [1.29, 1.82) is 0 Å². The number of halogens is 1. The summed E-state index contributed by atoms with van der Waals surface area (Å²) in [6.07, 6.45) is 3.86. The van der Waals surface area contributed by atoms with E-state index in [0.29, 0.717) is 0 Å². The Hall–Kier alpha value is -3.02. The number of aromatic nitrogens is 1. The zero-order chi connectivity index (χ0) is 22.5. The van der Waals surface area contributed by atoms with Gasteiger partial charge in [0.2, 0.25) is 0 Å². The highest BCUT2D eigenvalue weighted by atomic mass is 79.9. The molecule has 1 aliphatic heterocycles. The van der Waals surface area contributed by atoms with Crippen molar-refractivity contribution in [3.05, 3.63) is 130 Å². The first-order chi connectivity index (χ1) is 16.1. The lowest BCUT2D eigenvalue weighted by Crippen LogP contribution is -2.38. The second kappa shape index (κ2) is 8.08. The van der Waals surface area contributed by atoms with Gasteiger partial charge in [-0.25, -0.2) is 4.99 Å². The molecular formula is C28H21BrN2OS. The van der Waals surface area contributed by atoms with Crippen LogP contribution in [-0.4, -0.2) is 4.57 Å². The molecule has 0 spiro atoms. The van der Waals surface area contributed by atoms with Crippen LogP contribution in [0.2, 0.25) is 0 Å². The van der Waals surface area contributed by atoms with Crippen molar-refractivity contribution >= 4 is 39.0 Å². The van der Waals surface area contributed by atoms with Gasteiger partial charge >= 0.3 is 0 Å². The number of benzene rings is 3. The Morgan fingerprint density at radius 1 is 1.03 bits per heavy atom. The van der Waals surface area contributed by atoms with Gasteiger partial charge in [0.05, 0.1) is 16.3 Å². The van der Waals surface area contributed by atoms with Crippen LogP contribution in [0.1, 0.15) is 40.3 Å². The lowest BCUT2D eigenvalue weighted by molar-refractivity contribution is 0.585. The van der Waals surface area contributed by atoms with Gasteiger partial charge in [-0.2, -0.15) is 0 Å². The Bertz CT molecular complexity index is 1610. The first-order valence-electron chi connectivity index (χ1n) is 11.0. The highest BCUT2D eigenvalue weighted by Crippen LogP contribution is 2.41. The molecule has 0 saturated carbocycles. The van der Waals surface area contributed by atoms with Gasteiger partial charge in [0.25, 0.3) is 5.56 Å². The zero-order valence-electron chi connectivity index (χ0n) is 18.1. The number of rotatable bonds is 2. The quantitative estimate of drug-likeness (QED) is 0.354. The molecule has 0 amide bonds. The number of nitrogens with zero attached hydrogens (tertiary/aromatic N) is 2. The summed E-state index contributed by atoms with van der Waals surface area (Å²) in [5.41, 5.74) is 8.14. The van der Waals surface area contributed by atoms with Crippen LogP contribution in [-0.2, 0) is 6.42 Å². The van der Waals surface area contributed by atoms with Crippen molar-refractivity contribution in [1.82, 2.24) is 4.57 Å². The summed E-state index contributed by atoms with van der Waals surface area (Å²) in [5, 5.41) is 0. The van der Waals surface area contributed by atoms with Crippen molar-refractivity contribution in [3.63, 3.8) is 0 Å². The Morgan fingerprint density at radius 2 is 1.85 bits per heavy atom. The van der Waals surface area contributed by atoms with E-state index in [2.05, 4.69) is 83.5 Å². The molecule has 162 valence electrons. The fourth-order valence-corrected chi connectivity index (χ4v) is 6.14. The van der Waals surface area contributed by atoms with E-state index in [-0.39, 0.29) is 11.6 Å². The van der Waals surface area contributed by atoms with E-state index in [0.717, 1.165) is 43.5 Å². The topological polar surface area (TPSA) is 34.4 Å². The second-order valence-corrected chi connectivity index (χ2v) is 10.5. The van der Waals surface area contributed by atoms with E-state index in [4.69, 9.17) is 4.99 Å². The van der Waals surface area contributed by atoms with Crippen LogP contribution >= 0.6 is 27.3 Å². The average molecular weight is 513 g/mol. The summed E-state index contributed by atoms with van der Waals surface area (Å²) in [4.78, 5) is 19.6. The number of allylic oxidation sites excluding steroid dienone is 1. The van der Waals surface area contributed by atoms with Crippen molar-refractivity contribution in [2.24, 2.45) is 4.99 Å². The van der Waals surface area contributed by atoms with Gasteiger partial charge in [-0.15, -0.1) is 0 Å². The third-order valence-electron chi connectivity index (χ3n) is 6.40. The number of aryl methyl sites for hydroxylation is 2. The largest absolute Gasteiger partial charge is 0.272 e. The predicted molar refractivity (Wildman–Crippen MR) is 138 cm³/mol. The normalized spacial score (nSPS) is 17.3. The smallest absolute Gasteiger partial charge is 0.271 e. The van der Waals surface area contributed by atoms with Gasteiger partial charge in [-0.05, 0) is 60.2 Å². The van der Waals surface area contributed by atoms with Gasteiger partial charge in [0, 0.05) is 10.0 Å².